The van der Waals surface area contributed by atoms with Crippen molar-refractivity contribution in [2.24, 2.45) is 5.92 Å². The highest BCUT2D eigenvalue weighted by Crippen LogP contribution is 2.13. The molecule has 1 aromatic rings. The molecular weight excluding hydrogens is 278 g/mol. The Kier molecular flexibility index (Phi) is 6.40. The summed E-state index contributed by atoms with van der Waals surface area (Å²) in [6.45, 7) is 5.00. The lowest BCUT2D eigenvalue weighted by molar-refractivity contribution is -0.121. The standard InChI is InChI=1S/C17H25N3O2/c1-13-2-5-15(6-3-13)17(22)20-11-10-19-16(21)7-4-14-8-9-18-12-14/h2-3,5-6,14,18H,4,7-12H2,1H3,(H,19,21)(H,20,22). The molecule has 1 saturated heterocycles. The second-order valence-electron chi connectivity index (χ2n) is 5.87. The van der Waals surface area contributed by atoms with E-state index in [1.165, 1.54) is 6.42 Å². The van der Waals surface area contributed by atoms with Gasteiger partial charge in [-0.1, -0.05) is 17.7 Å². The van der Waals surface area contributed by atoms with Gasteiger partial charge in [0.2, 0.25) is 5.91 Å². The second kappa shape index (κ2) is 8.54. The summed E-state index contributed by atoms with van der Waals surface area (Å²) in [5, 5.41) is 8.96. The first-order valence-electron chi connectivity index (χ1n) is 7.97. The molecule has 2 rings (SSSR count). The second-order valence-corrected chi connectivity index (χ2v) is 5.87. The zero-order valence-electron chi connectivity index (χ0n) is 13.2. The summed E-state index contributed by atoms with van der Waals surface area (Å²) in [4.78, 5) is 23.6. The molecule has 3 N–H and O–H groups in total. The van der Waals surface area contributed by atoms with Crippen LogP contribution in [-0.4, -0.2) is 38.0 Å². The summed E-state index contributed by atoms with van der Waals surface area (Å²) in [6.07, 6.45) is 2.67. The summed E-state index contributed by atoms with van der Waals surface area (Å²) in [7, 11) is 0. The fourth-order valence-corrected chi connectivity index (χ4v) is 2.57. The Balaban J connectivity index is 1.57. The Hall–Kier alpha value is -1.88. The van der Waals surface area contributed by atoms with Crippen LogP contribution in [0.25, 0.3) is 0 Å². The molecule has 5 nitrogen and oxygen atoms in total. The summed E-state index contributed by atoms with van der Waals surface area (Å²) < 4.78 is 0. The first kappa shape index (κ1) is 16.5. The Morgan fingerprint density at radius 3 is 2.59 bits per heavy atom. The molecule has 22 heavy (non-hydrogen) atoms. The molecule has 1 aliphatic rings. The molecule has 1 atom stereocenters. The van der Waals surface area contributed by atoms with E-state index in [1.54, 1.807) is 12.1 Å². The molecule has 1 unspecified atom stereocenters. The maximum Gasteiger partial charge on any atom is 0.251 e. The van der Waals surface area contributed by atoms with E-state index in [0.29, 0.717) is 31.0 Å². The van der Waals surface area contributed by atoms with Crippen LogP contribution < -0.4 is 16.0 Å². The largest absolute Gasteiger partial charge is 0.354 e. The molecule has 2 amide bonds. The van der Waals surface area contributed by atoms with E-state index < -0.39 is 0 Å². The zero-order valence-corrected chi connectivity index (χ0v) is 13.2. The Morgan fingerprint density at radius 1 is 1.18 bits per heavy atom. The predicted molar refractivity (Wildman–Crippen MR) is 86.7 cm³/mol. The highest BCUT2D eigenvalue weighted by Gasteiger charge is 2.15. The van der Waals surface area contributed by atoms with Crippen molar-refractivity contribution < 1.29 is 9.59 Å². The fraction of sp³-hybridized carbons (Fsp3) is 0.529. The van der Waals surface area contributed by atoms with E-state index in [1.807, 2.05) is 19.1 Å². The summed E-state index contributed by atoms with van der Waals surface area (Å²) in [6, 6.07) is 7.43. The van der Waals surface area contributed by atoms with Gasteiger partial charge in [0.25, 0.3) is 5.91 Å². The Morgan fingerprint density at radius 2 is 1.91 bits per heavy atom. The van der Waals surface area contributed by atoms with E-state index >= 15 is 0 Å². The Bertz CT molecular complexity index is 493. The lowest BCUT2D eigenvalue weighted by Gasteiger charge is -2.09. The van der Waals surface area contributed by atoms with E-state index in [2.05, 4.69) is 16.0 Å². The molecule has 0 aliphatic carbocycles. The molecule has 0 saturated carbocycles. The minimum atomic E-state index is -0.105. The van der Waals surface area contributed by atoms with E-state index in [0.717, 1.165) is 25.1 Å². The molecule has 1 aromatic carbocycles. The molecule has 1 aliphatic heterocycles. The van der Waals surface area contributed by atoms with Crippen molar-refractivity contribution in [2.75, 3.05) is 26.2 Å². The topological polar surface area (TPSA) is 70.2 Å². The SMILES string of the molecule is Cc1ccc(C(=O)NCCNC(=O)CCC2CCNC2)cc1. The first-order valence-corrected chi connectivity index (χ1v) is 7.97. The number of carbonyl (C=O) groups excluding carboxylic acids is 2. The van der Waals surface area contributed by atoms with Gasteiger partial charge in [-0.3, -0.25) is 9.59 Å². The quantitative estimate of drug-likeness (QED) is 0.664. The number of rotatable bonds is 7. The van der Waals surface area contributed by atoms with Crippen molar-refractivity contribution in [3.63, 3.8) is 0 Å². The number of nitrogens with one attached hydrogen (secondary N) is 3. The van der Waals surface area contributed by atoms with Gasteiger partial charge in [0.1, 0.15) is 0 Å². The van der Waals surface area contributed by atoms with E-state index in [4.69, 9.17) is 0 Å². The van der Waals surface area contributed by atoms with Gasteiger partial charge in [-0.2, -0.15) is 0 Å². The van der Waals surface area contributed by atoms with E-state index in [9.17, 15) is 9.59 Å². The molecule has 1 fully saturated rings. The van der Waals surface area contributed by atoms with Crippen molar-refractivity contribution in [2.45, 2.75) is 26.2 Å². The van der Waals surface area contributed by atoms with Crippen LogP contribution in [0.1, 0.15) is 35.2 Å². The molecule has 1 heterocycles. The molecule has 5 heteroatoms. The van der Waals surface area contributed by atoms with Crippen LogP contribution >= 0.6 is 0 Å². The molecule has 120 valence electrons. The van der Waals surface area contributed by atoms with Gasteiger partial charge in [-0.25, -0.2) is 0 Å². The van der Waals surface area contributed by atoms with Crippen molar-refractivity contribution in [1.29, 1.82) is 0 Å². The van der Waals surface area contributed by atoms with Crippen LogP contribution in [0.2, 0.25) is 0 Å². The Labute approximate surface area is 131 Å². The number of hydrogen-bond acceptors (Lipinski definition) is 3. The number of benzene rings is 1. The van der Waals surface area contributed by atoms with Gasteiger partial charge < -0.3 is 16.0 Å². The van der Waals surface area contributed by atoms with Crippen molar-refractivity contribution in [3.8, 4) is 0 Å². The third-order valence-corrected chi connectivity index (χ3v) is 3.99. The molecular formula is C17H25N3O2. The molecule has 0 bridgehead atoms. The zero-order chi connectivity index (χ0) is 15.8. The van der Waals surface area contributed by atoms with Gasteiger partial charge in [0.05, 0.1) is 0 Å². The average molecular weight is 303 g/mol. The average Bonchev–Trinajstić information content (AvgIpc) is 3.03. The minimum Gasteiger partial charge on any atom is -0.354 e. The van der Waals surface area contributed by atoms with Crippen LogP contribution in [0.15, 0.2) is 24.3 Å². The highest BCUT2D eigenvalue weighted by molar-refractivity contribution is 5.94. The lowest BCUT2D eigenvalue weighted by atomic mass is 10.0. The van der Waals surface area contributed by atoms with Gasteiger partial charge in [0, 0.05) is 25.1 Å². The minimum absolute atomic E-state index is 0.0662. The van der Waals surface area contributed by atoms with Crippen LogP contribution in [0.5, 0.6) is 0 Å². The molecule has 0 aromatic heterocycles. The predicted octanol–water partition coefficient (Wildman–Crippen LogP) is 1.23. The van der Waals surface area contributed by atoms with Gasteiger partial charge in [0.15, 0.2) is 0 Å². The van der Waals surface area contributed by atoms with Gasteiger partial charge in [-0.15, -0.1) is 0 Å². The number of carbonyl (C=O) groups is 2. The monoisotopic (exact) mass is 303 g/mol. The molecule has 0 spiro atoms. The first-order chi connectivity index (χ1) is 10.6. The lowest BCUT2D eigenvalue weighted by Crippen LogP contribution is -2.34. The van der Waals surface area contributed by atoms with Crippen molar-refractivity contribution in [1.82, 2.24) is 16.0 Å². The number of hydrogen-bond donors (Lipinski definition) is 3. The number of amides is 2. The van der Waals surface area contributed by atoms with Crippen LogP contribution in [-0.2, 0) is 4.79 Å². The highest BCUT2D eigenvalue weighted by atomic mass is 16.2. The van der Waals surface area contributed by atoms with Crippen molar-refractivity contribution in [3.05, 3.63) is 35.4 Å². The van der Waals surface area contributed by atoms with Gasteiger partial charge in [-0.05, 0) is 50.9 Å². The maximum absolute atomic E-state index is 11.9. The van der Waals surface area contributed by atoms with Crippen LogP contribution in [0, 0.1) is 12.8 Å². The normalized spacial score (nSPS) is 17.2. The molecule has 0 radical (unpaired) electrons. The number of aryl methyl sites for hydroxylation is 1. The smallest absolute Gasteiger partial charge is 0.251 e. The third-order valence-electron chi connectivity index (χ3n) is 3.99. The van der Waals surface area contributed by atoms with Gasteiger partial charge >= 0.3 is 0 Å². The summed E-state index contributed by atoms with van der Waals surface area (Å²) >= 11 is 0. The maximum atomic E-state index is 11.9. The summed E-state index contributed by atoms with van der Waals surface area (Å²) in [5.41, 5.74) is 1.77. The third kappa shape index (κ3) is 5.48. The fourth-order valence-electron chi connectivity index (χ4n) is 2.57. The van der Waals surface area contributed by atoms with Crippen LogP contribution in [0.3, 0.4) is 0 Å². The van der Waals surface area contributed by atoms with Crippen molar-refractivity contribution >= 4 is 11.8 Å². The van der Waals surface area contributed by atoms with Crippen LogP contribution in [0.4, 0.5) is 0 Å². The van der Waals surface area contributed by atoms with E-state index in [-0.39, 0.29) is 11.8 Å². The summed E-state index contributed by atoms with van der Waals surface area (Å²) in [5.74, 6) is 0.592.